The Morgan fingerprint density at radius 1 is 1.24 bits per heavy atom. The molecule has 0 heterocycles. The van der Waals surface area contributed by atoms with Crippen molar-refractivity contribution in [2.24, 2.45) is 0 Å². The lowest BCUT2D eigenvalue weighted by atomic mass is 10.1. The van der Waals surface area contributed by atoms with Gasteiger partial charge in [-0.25, -0.2) is 0 Å². The van der Waals surface area contributed by atoms with Gasteiger partial charge in [-0.3, -0.25) is 0 Å². The fourth-order valence-electron chi connectivity index (χ4n) is 1.34. The smallest absolute Gasteiger partial charge is 0.192 e. The van der Waals surface area contributed by atoms with Crippen molar-refractivity contribution in [1.29, 1.82) is 0 Å². The van der Waals surface area contributed by atoms with E-state index in [1.165, 1.54) is 11.1 Å². The maximum absolute atomic E-state index is 6.21. The topological polar surface area (TPSA) is 9.23 Å². The maximum atomic E-state index is 6.21. The highest BCUT2D eigenvalue weighted by Gasteiger charge is 2.37. The molecule has 0 saturated heterocycles. The zero-order chi connectivity index (χ0) is 13.1. The van der Waals surface area contributed by atoms with Gasteiger partial charge in [0.2, 0.25) is 0 Å². The van der Waals surface area contributed by atoms with Crippen molar-refractivity contribution in [1.82, 2.24) is 0 Å². The molecule has 1 aromatic rings. The van der Waals surface area contributed by atoms with Gasteiger partial charge in [-0.05, 0) is 29.3 Å². The van der Waals surface area contributed by atoms with Crippen molar-refractivity contribution in [3.05, 3.63) is 42.0 Å². The second kappa shape index (κ2) is 5.19. The van der Waals surface area contributed by atoms with Crippen LogP contribution in [0.3, 0.4) is 0 Å². The van der Waals surface area contributed by atoms with Crippen LogP contribution in [0.5, 0.6) is 0 Å². The standard InChI is InChI=1S/C15H24OSi/c1-7-13-10-8-9-11-14(13)12-16-17(5,6)15(2,3)4/h7-11H,1,12H2,2-6H3. The van der Waals surface area contributed by atoms with E-state index in [2.05, 4.69) is 58.6 Å². The molecule has 0 aromatic heterocycles. The zero-order valence-electron chi connectivity index (χ0n) is 11.7. The van der Waals surface area contributed by atoms with Gasteiger partial charge >= 0.3 is 0 Å². The molecule has 17 heavy (non-hydrogen) atoms. The second-order valence-corrected chi connectivity index (χ2v) is 10.8. The molecular formula is C15H24OSi. The van der Waals surface area contributed by atoms with Gasteiger partial charge in [-0.2, -0.15) is 0 Å². The van der Waals surface area contributed by atoms with Crippen molar-refractivity contribution >= 4 is 14.4 Å². The first-order valence-corrected chi connectivity index (χ1v) is 9.03. The van der Waals surface area contributed by atoms with Crippen LogP contribution in [-0.2, 0) is 11.0 Å². The molecule has 0 N–H and O–H groups in total. The Morgan fingerprint density at radius 2 is 1.82 bits per heavy atom. The molecule has 0 spiro atoms. The molecule has 0 radical (unpaired) electrons. The maximum Gasteiger partial charge on any atom is 0.192 e. The molecule has 2 heteroatoms. The van der Waals surface area contributed by atoms with Crippen molar-refractivity contribution in [2.75, 3.05) is 0 Å². The van der Waals surface area contributed by atoms with Gasteiger partial charge in [-0.1, -0.05) is 57.7 Å². The lowest BCUT2D eigenvalue weighted by Gasteiger charge is -2.36. The molecule has 1 nitrogen and oxygen atoms in total. The van der Waals surface area contributed by atoms with Crippen LogP contribution in [0.15, 0.2) is 30.8 Å². The van der Waals surface area contributed by atoms with Crippen molar-refractivity contribution < 1.29 is 4.43 Å². The highest BCUT2D eigenvalue weighted by Crippen LogP contribution is 2.37. The fraction of sp³-hybridized carbons (Fsp3) is 0.467. The molecule has 0 bridgehead atoms. The largest absolute Gasteiger partial charge is 0.413 e. The van der Waals surface area contributed by atoms with Gasteiger partial charge in [0.05, 0.1) is 6.61 Å². The van der Waals surface area contributed by atoms with Crippen molar-refractivity contribution in [2.45, 2.75) is 45.5 Å². The molecule has 0 aliphatic heterocycles. The van der Waals surface area contributed by atoms with Crippen LogP contribution in [0.4, 0.5) is 0 Å². The van der Waals surface area contributed by atoms with E-state index in [-0.39, 0.29) is 5.04 Å². The number of hydrogen-bond donors (Lipinski definition) is 0. The Balaban J connectivity index is 2.77. The van der Waals surface area contributed by atoms with E-state index in [9.17, 15) is 0 Å². The van der Waals surface area contributed by atoms with Gasteiger partial charge in [0.1, 0.15) is 0 Å². The normalized spacial score (nSPS) is 12.5. The minimum absolute atomic E-state index is 0.260. The molecule has 0 unspecified atom stereocenters. The fourth-order valence-corrected chi connectivity index (χ4v) is 2.29. The zero-order valence-corrected chi connectivity index (χ0v) is 12.7. The minimum Gasteiger partial charge on any atom is -0.413 e. The summed E-state index contributed by atoms with van der Waals surface area (Å²) in [4.78, 5) is 0. The molecular weight excluding hydrogens is 224 g/mol. The Labute approximate surface area is 107 Å². The first kappa shape index (κ1) is 14.2. The Hall–Kier alpha value is -0.863. The van der Waals surface area contributed by atoms with E-state index >= 15 is 0 Å². The number of hydrogen-bond acceptors (Lipinski definition) is 1. The summed E-state index contributed by atoms with van der Waals surface area (Å²) in [7, 11) is -1.66. The predicted molar refractivity (Wildman–Crippen MR) is 78.5 cm³/mol. The summed E-state index contributed by atoms with van der Waals surface area (Å²) in [6.07, 6.45) is 1.89. The van der Waals surface area contributed by atoms with Gasteiger partial charge in [0.15, 0.2) is 8.32 Å². The van der Waals surface area contributed by atoms with E-state index in [1.807, 2.05) is 12.1 Å². The quantitative estimate of drug-likeness (QED) is 0.692. The Morgan fingerprint density at radius 3 is 2.35 bits per heavy atom. The Kier molecular flexibility index (Phi) is 4.34. The summed E-state index contributed by atoms with van der Waals surface area (Å²) in [6, 6.07) is 8.28. The van der Waals surface area contributed by atoms with Gasteiger partial charge < -0.3 is 4.43 Å². The average Bonchev–Trinajstić information content (AvgIpc) is 2.25. The van der Waals surface area contributed by atoms with Crippen LogP contribution in [0, 0.1) is 0 Å². The van der Waals surface area contributed by atoms with E-state index in [1.54, 1.807) is 0 Å². The molecule has 1 aromatic carbocycles. The Bertz CT molecular complexity index is 388. The minimum atomic E-state index is -1.66. The average molecular weight is 248 g/mol. The van der Waals surface area contributed by atoms with Crippen LogP contribution in [0.1, 0.15) is 31.9 Å². The van der Waals surface area contributed by atoms with Gasteiger partial charge in [-0.15, -0.1) is 0 Å². The van der Waals surface area contributed by atoms with E-state index in [0.717, 1.165) is 0 Å². The third kappa shape index (κ3) is 3.55. The highest BCUT2D eigenvalue weighted by molar-refractivity contribution is 6.74. The summed E-state index contributed by atoms with van der Waals surface area (Å²) in [5.41, 5.74) is 2.40. The summed E-state index contributed by atoms with van der Waals surface area (Å²) in [6.45, 7) is 15.9. The van der Waals surface area contributed by atoms with Crippen LogP contribution < -0.4 is 0 Å². The molecule has 1 rings (SSSR count). The first-order valence-electron chi connectivity index (χ1n) is 6.12. The molecule has 0 amide bonds. The second-order valence-electron chi connectivity index (χ2n) is 5.95. The van der Waals surface area contributed by atoms with Gasteiger partial charge in [0, 0.05) is 0 Å². The first-order chi connectivity index (χ1) is 7.78. The molecule has 0 aliphatic rings. The third-order valence-electron chi connectivity index (χ3n) is 3.67. The summed E-state index contributed by atoms with van der Waals surface area (Å²) < 4.78 is 6.21. The predicted octanol–water partition coefficient (Wildman–Crippen LogP) is 4.85. The molecule has 94 valence electrons. The lowest BCUT2D eigenvalue weighted by molar-refractivity contribution is 0.276. The van der Waals surface area contributed by atoms with Gasteiger partial charge in [0.25, 0.3) is 0 Å². The number of benzene rings is 1. The van der Waals surface area contributed by atoms with Crippen molar-refractivity contribution in [3.8, 4) is 0 Å². The molecule has 0 fully saturated rings. The summed E-state index contributed by atoms with van der Waals surface area (Å²) in [5, 5.41) is 0.260. The van der Waals surface area contributed by atoms with Crippen LogP contribution in [0.2, 0.25) is 18.1 Å². The number of rotatable bonds is 4. The van der Waals surface area contributed by atoms with Crippen LogP contribution >= 0.6 is 0 Å². The van der Waals surface area contributed by atoms with E-state index in [0.29, 0.717) is 6.61 Å². The van der Waals surface area contributed by atoms with Crippen molar-refractivity contribution in [3.63, 3.8) is 0 Å². The third-order valence-corrected chi connectivity index (χ3v) is 8.15. The van der Waals surface area contributed by atoms with E-state index < -0.39 is 8.32 Å². The van der Waals surface area contributed by atoms with Crippen LogP contribution in [-0.4, -0.2) is 8.32 Å². The molecule has 0 atom stereocenters. The van der Waals surface area contributed by atoms with Crippen LogP contribution in [0.25, 0.3) is 6.08 Å². The molecule has 0 saturated carbocycles. The summed E-state index contributed by atoms with van der Waals surface area (Å²) in [5.74, 6) is 0. The SMILES string of the molecule is C=Cc1ccccc1CO[Si](C)(C)C(C)(C)C. The lowest BCUT2D eigenvalue weighted by Crippen LogP contribution is -2.40. The monoisotopic (exact) mass is 248 g/mol. The molecule has 0 aliphatic carbocycles. The summed E-state index contributed by atoms with van der Waals surface area (Å²) >= 11 is 0. The van der Waals surface area contributed by atoms with E-state index in [4.69, 9.17) is 4.43 Å². The highest BCUT2D eigenvalue weighted by atomic mass is 28.4.